The van der Waals surface area contributed by atoms with Crippen molar-refractivity contribution in [3.05, 3.63) is 59.7 Å². The highest BCUT2D eigenvalue weighted by atomic mass is 16.5. The first kappa shape index (κ1) is 20.2. The topological polar surface area (TPSA) is 131 Å². The molecule has 5 rings (SSSR count). The molecule has 4 N–H and O–H groups in total. The molecular weight excluding hydrogens is 412 g/mol. The molecule has 2 aromatic carbocycles. The summed E-state index contributed by atoms with van der Waals surface area (Å²) >= 11 is 0. The maximum atomic E-state index is 13.7. The zero-order valence-electron chi connectivity index (χ0n) is 17.3. The van der Waals surface area contributed by atoms with Gasteiger partial charge in [0, 0.05) is 29.3 Å². The second kappa shape index (κ2) is 7.16. The van der Waals surface area contributed by atoms with Gasteiger partial charge >= 0.3 is 0 Å². The molecule has 0 aromatic heterocycles. The highest BCUT2D eigenvalue weighted by molar-refractivity contribution is 6.15. The van der Waals surface area contributed by atoms with Crippen LogP contribution >= 0.6 is 0 Å². The van der Waals surface area contributed by atoms with E-state index < -0.39 is 47.0 Å². The maximum Gasteiger partial charge on any atom is 0.250 e. The number of anilines is 1. The third kappa shape index (κ3) is 2.67. The predicted molar refractivity (Wildman–Crippen MR) is 113 cm³/mol. The lowest BCUT2D eigenvalue weighted by molar-refractivity contribution is -0.143. The molecule has 9 nitrogen and oxygen atoms in total. The van der Waals surface area contributed by atoms with Crippen molar-refractivity contribution in [2.45, 2.75) is 24.5 Å². The van der Waals surface area contributed by atoms with Crippen LogP contribution < -0.4 is 21.1 Å². The van der Waals surface area contributed by atoms with Crippen LogP contribution in [0.4, 0.5) is 5.69 Å². The van der Waals surface area contributed by atoms with Crippen LogP contribution in [0.25, 0.3) is 0 Å². The fraction of sp³-hybridized carbons (Fsp3) is 0.304. The Morgan fingerprint density at radius 3 is 2.56 bits per heavy atom. The number of hydrogen-bond donors (Lipinski definition) is 3. The summed E-state index contributed by atoms with van der Waals surface area (Å²) in [4.78, 5) is 53.4. The Morgan fingerprint density at radius 2 is 1.81 bits per heavy atom. The van der Waals surface area contributed by atoms with E-state index in [0.29, 0.717) is 22.6 Å². The van der Waals surface area contributed by atoms with E-state index in [4.69, 9.17) is 10.5 Å². The Balaban J connectivity index is 1.60. The molecule has 3 aliphatic heterocycles. The van der Waals surface area contributed by atoms with Gasteiger partial charge in [-0.3, -0.25) is 29.4 Å². The number of hydrogen-bond acceptors (Lipinski definition) is 6. The van der Waals surface area contributed by atoms with Crippen LogP contribution in [0, 0.1) is 11.8 Å². The second-order valence-electron chi connectivity index (χ2n) is 8.31. The van der Waals surface area contributed by atoms with Crippen molar-refractivity contribution in [1.29, 1.82) is 0 Å². The molecule has 32 heavy (non-hydrogen) atoms. The number of para-hydroxylation sites is 2. The number of carbonyl (C=O) groups is 4. The lowest BCUT2D eigenvalue weighted by atomic mass is 9.76. The van der Waals surface area contributed by atoms with E-state index in [2.05, 4.69) is 10.6 Å². The minimum atomic E-state index is -1.44. The third-order valence-electron chi connectivity index (χ3n) is 6.66. The number of nitrogens with one attached hydrogen (secondary N) is 2. The van der Waals surface area contributed by atoms with Gasteiger partial charge in [-0.15, -0.1) is 0 Å². The first-order valence-electron chi connectivity index (χ1n) is 10.3. The van der Waals surface area contributed by atoms with Gasteiger partial charge in [0.25, 0.3) is 0 Å². The van der Waals surface area contributed by atoms with Gasteiger partial charge < -0.3 is 15.8 Å². The number of fused-ring (bicyclic) bond motifs is 4. The van der Waals surface area contributed by atoms with Crippen LogP contribution in [0.2, 0.25) is 0 Å². The molecular formula is C23H22N4O5. The number of rotatable bonds is 5. The SMILES string of the molecule is COc1ccccc1CN1C(=O)[C@H]2[C@@H](C1=O)[C@]1(N[C@@H]2CC(N)=O)C(=O)Nc2ccccc21. The molecule has 9 heteroatoms. The van der Waals surface area contributed by atoms with E-state index in [1.165, 1.54) is 7.11 Å². The van der Waals surface area contributed by atoms with E-state index in [0.717, 1.165) is 4.90 Å². The van der Waals surface area contributed by atoms with Gasteiger partial charge in [0.2, 0.25) is 23.6 Å². The Bertz CT molecular complexity index is 1160. The van der Waals surface area contributed by atoms with E-state index in [1.54, 1.807) is 48.5 Å². The molecule has 2 fully saturated rings. The van der Waals surface area contributed by atoms with Crippen molar-refractivity contribution >= 4 is 29.3 Å². The largest absolute Gasteiger partial charge is 0.496 e. The number of carbonyl (C=O) groups excluding carboxylic acids is 4. The van der Waals surface area contributed by atoms with Gasteiger partial charge in [-0.05, 0) is 12.1 Å². The van der Waals surface area contributed by atoms with Crippen molar-refractivity contribution in [1.82, 2.24) is 10.2 Å². The smallest absolute Gasteiger partial charge is 0.250 e. The molecule has 0 saturated carbocycles. The van der Waals surface area contributed by atoms with Crippen LogP contribution in [0.5, 0.6) is 5.75 Å². The van der Waals surface area contributed by atoms with Gasteiger partial charge in [-0.2, -0.15) is 0 Å². The summed E-state index contributed by atoms with van der Waals surface area (Å²) in [6.45, 7) is 0.0112. The molecule has 3 heterocycles. The number of likely N-dealkylation sites (tertiary alicyclic amines) is 1. The number of imide groups is 1. The molecule has 0 aliphatic carbocycles. The summed E-state index contributed by atoms with van der Waals surface area (Å²) in [5.41, 5.74) is 5.83. The van der Waals surface area contributed by atoms with E-state index in [9.17, 15) is 19.2 Å². The number of methoxy groups -OCH3 is 1. The minimum absolute atomic E-state index is 0.0112. The standard InChI is InChI=1S/C23H22N4O5/c1-32-16-9-5-2-6-12(16)11-27-20(29)18-15(10-17(24)28)26-23(19(18)21(27)30)13-7-3-4-8-14(13)25-22(23)31/h2-9,15,18-19,26H,10-11H2,1H3,(H2,24,28)(H,25,31)/t15-,18-,19+,23+/m1/s1. The van der Waals surface area contributed by atoms with Gasteiger partial charge in [-0.1, -0.05) is 36.4 Å². The summed E-state index contributed by atoms with van der Waals surface area (Å²) < 4.78 is 5.36. The fourth-order valence-corrected chi connectivity index (χ4v) is 5.37. The van der Waals surface area contributed by atoms with Crippen LogP contribution in [0.3, 0.4) is 0 Å². The number of amides is 4. The highest BCUT2D eigenvalue weighted by Gasteiger charge is 2.70. The first-order valence-corrected chi connectivity index (χ1v) is 10.3. The average Bonchev–Trinajstić information content (AvgIpc) is 3.34. The van der Waals surface area contributed by atoms with Crippen LogP contribution in [-0.4, -0.2) is 41.7 Å². The lowest BCUT2D eigenvalue weighted by Crippen LogP contribution is -2.53. The average molecular weight is 434 g/mol. The number of nitrogens with two attached hydrogens (primary N) is 1. The Morgan fingerprint density at radius 1 is 1.09 bits per heavy atom. The molecule has 4 atom stereocenters. The summed E-state index contributed by atoms with van der Waals surface area (Å²) in [6, 6.07) is 13.4. The van der Waals surface area contributed by atoms with Crippen molar-refractivity contribution < 1.29 is 23.9 Å². The summed E-state index contributed by atoms with van der Waals surface area (Å²) in [6.07, 6.45) is -0.167. The number of benzene rings is 2. The summed E-state index contributed by atoms with van der Waals surface area (Å²) in [5.74, 6) is -3.25. The molecule has 0 unspecified atom stereocenters. The zero-order chi connectivity index (χ0) is 22.6. The van der Waals surface area contributed by atoms with Crippen molar-refractivity contribution in [3.63, 3.8) is 0 Å². The molecule has 1 spiro atoms. The molecule has 2 saturated heterocycles. The quantitative estimate of drug-likeness (QED) is 0.587. The number of ether oxygens (including phenoxy) is 1. The van der Waals surface area contributed by atoms with Gasteiger partial charge in [0.15, 0.2) is 0 Å². The monoisotopic (exact) mass is 434 g/mol. The fourth-order valence-electron chi connectivity index (χ4n) is 5.37. The second-order valence-corrected chi connectivity index (χ2v) is 8.31. The molecule has 164 valence electrons. The molecule has 2 aromatic rings. The van der Waals surface area contributed by atoms with Crippen molar-refractivity contribution in [3.8, 4) is 5.75 Å². The molecule has 0 bridgehead atoms. The van der Waals surface area contributed by atoms with Crippen molar-refractivity contribution in [2.24, 2.45) is 17.6 Å². The van der Waals surface area contributed by atoms with Crippen molar-refractivity contribution in [2.75, 3.05) is 12.4 Å². The van der Waals surface area contributed by atoms with Crippen LogP contribution in [0.1, 0.15) is 17.5 Å². The Hall–Kier alpha value is -3.72. The molecule has 0 radical (unpaired) electrons. The maximum absolute atomic E-state index is 13.7. The lowest BCUT2D eigenvalue weighted by Gasteiger charge is -2.29. The van der Waals surface area contributed by atoms with E-state index >= 15 is 0 Å². The molecule has 4 amide bonds. The first-order chi connectivity index (χ1) is 15.4. The van der Waals surface area contributed by atoms with E-state index in [-0.39, 0.29) is 13.0 Å². The minimum Gasteiger partial charge on any atom is -0.496 e. The highest BCUT2D eigenvalue weighted by Crippen LogP contribution is 2.53. The summed E-state index contributed by atoms with van der Waals surface area (Å²) in [7, 11) is 1.52. The van der Waals surface area contributed by atoms with Gasteiger partial charge in [-0.25, -0.2) is 0 Å². The van der Waals surface area contributed by atoms with Gasteiger partial charge in [0.05, 0.1) is 25.5 Å². The Labute approximate surface area is 183 Å². The molecule has 3 aliphatic rings. The summed E-state index contributed by atoms with van der Waals surface area (Å²) in [5, 5.41) is 5.98. The number of primary amides is 1. The van der Waals surface area contributed by atoms with Crippen LogP contribution in [0.15, 0.2) is 48.5 Å². The third-order valence-corrected chi connectivity index (χ3v) is 6.66. The van der Waals surface area contributed by atoms with E-state index in [1.807, 2.05) is 0 Å². The normalized spacial score (nSPS) is 28.1. The number of nitrogens with zero attached hydrogens (tertiary/aromatic N) is 1. The zero-order valence-corrected chi connectivity index (χ0v) is 17.3. The predicted octanol–water partition coefficient (Wildman–Crippen LogP) is 0.491. The Kier molecular flexibility index (Phi) is 4.52. The van der Waals surface area contributed by atoms with Crippen LogP contribution in [-0.2, 0) is 31.3 Å². The van der Waals surface area contributed by atoms with Gasteiger partial charge in [0.1, 0.15) is 11.3 Å².